The van der Waals surface area contributed by atoms with Crippen LogP contribution in [0.3, 0.4) is 0 Å². The molecule has 2 N–H and O–H groups in total. The van der Waals surface area contributed by atoms with Crippen molar-refractivity contribution in [3.63, 3.8) is 0 Å². The highest BCUT2D eigenvalue weighted by Gasteiger charge is 2.48. The molecule has 5 atom stereocenters. The number of rotatable bonds is 4. The molecule has 0 bridgehead atoms. The van der Waals surface area contributed by atoms with E-state index in [1.165, 1.54) is 0 Å². The number of esters is 1. The fraction of sp³-hybridized carbons (Fsp3) is 0.667. The number of fused-ring (bicyclic) bond motifs is 1. The molecule has 104 valence electrons. The van der Waals surface area contributed by atoms with E-state index in [0.717, 1.165) is 0 Å². The maximum absolute atomic E-state index is 11.2. The molecule has 1 aliphatic heterocycles. The van der Waals surface area contributed by atoms with Crippen LogP contribution in [0.5, 0.6) is 0 Å². The van der Waals surface area contributed by atoms with Gasteiger partial charge < -0.3 is 14.9 Å². The van der Waals surface area contributed by atoms with E-state index < -0.39 is 12.2 Å². The number of ether oxygens (including phenoxy) is 1. The molecule has 4 heteroatoms. The van der Waals surface area contributed by atoms with Gasteiger partial charge in [-0.15, -0.1) is 11.8 Å². The van der Waals surface area contributed by atoms with E-state index in [0.29, 0.717) is 25.7 Å². The quantitative estimate of drug-likeness (QED) is 0.452. The van der Waals surface area contributed by atoms with Gasteiger partial charge in [-0.1, -0.05) is 12.2 Å². The van der Waals surface area contributed by atoms with Gasteiger partial charge in [-0.25, -0.2) is 0 Å². The molecule has 1 saturated carbocycles. The third-order valence-corrected chi connectivity index (χ3v) is 3.87. The van der Waals surface area contributed by atoms with E-state index in [2.05, 4.69) is 11.8 Å². The van der Waals surface area contributed by atoms with Crippen LogP contribution >= 0.6 is 0 Å². The van der Waals surface area contributed by atoms with Gasteiger partial charge in [0, 0.05) is 24.7 Å². The van der Waals surface area contributed by atoms with Gasteiger partial charge in [-0.2, -0.15) is 0 Å². The van der Waals surface area contributed by atoms with Crippen molar-refractivity contribution in [2.75, 3.05) is 0 Å². The lowest BCUT2D eigenvalue weighted by Crippen LogP contribution is -2.18. The van der Waals surface area contributed by atoms with Crippen molar-refractivity contribution in [2.24, 2.45) is 11.8 Å². The zero-order valence-corrected chi connectivity index (χ0v) is 11.1. The van der Waals surface area contributed by atoms with Crippen molar-refractivity contribution < 1.29 is 19.7 Å². The number of hydrogen-bond donors (Lipinski definition) is 2. The summed E-state index contributed by atoms with van der Waals surface area (Å²) in [7, 11) is 0. The minimum absolute atomic E-state index is 0.0568. The predicted molar refractivity (Wildman–Crippen MR) is 69.9 cm³/mol. The summed E-state index contributed by atoms with van der Waals surface area (Å²) in [5.74, 6) is 5.47. The number of carbonyl (C=O) groups excluding carboxylic acids is 1. The Labute approximate surface area is 113 Å². The standard InChI is InChI=1S/C15H20O4/c1-2-3-4-5-10(16)6-7-11-12-8-15(18)19-14(12)9-13(11)17/h6-7,10-14,16-17H,4-5,8-9H2,1H3/t10-,11+,12+,13+,14-/m0/s1. The average molecular weight is 264 g/mol. The Morgan fingerprint density at radius 1 is 1.58 bits per heavy atom. The molecule has 1 aliphatic carbocycles. The first-order chi connectivity index (χ1) is 9.11. The van der Waals surface area contributed by atoms with Crippen LogP contribution in [0.4, 0.5) is 0 Å². The molecular weight excluding hydrogens is 244 g/mol. The van der Waals surface area contributed by atoms with Gasteiger partial charge in [-0.3, -0.25) is 4.79 Å². The molecule has 2 aliphatic rings. The van der Waals surface area contributed by atoms with Gasteiger partial charge in [0.1, 0.15) is 6.10 Å². The zero-order valence-electron chi connectivity index (χ0n) is 11.1. The molecule has 0 spiro atoms. The molecule has 1 saturated heterocycles. The van der Waals surface area contributed by atoms with Gasteiger partial charge in [0.15, 0.2) is 0 Å². The van der Waals surface area contributed by atoms with Gasteiger partial charge in [0.25, 0.3) is 0 Å². The Balaban J connectivity index is 1.89. The summed E-state index contributed by atoms with van der Waals surface area (Å²) in [4.78, 5) is 11.2. The fourth-order valence-corrected chi connectivity index (χ4v) is 2.88. The van der Waals surface area contributed by atoms with Gasteiger partial charge in [0.2, 0.25) is 0 Å². The van der Waals surface area contributed by atoms with E-state index in [1.807, 2.05) is 6.08 Å². The maximum Gasteiger partial charge on any atom is 0.306 e. The lowest BCUT2D eigenvalue weighted by atomic mass is 9.91. The second-order valence-electron chi connectivity index (χ2n) is 5.19. The topological polar surface area (TPSA) is 66.8 Å². The molecule has 0 unspecified atom stereocenters. The first-order valence-corrected chi connectivity index (χ1v) is 6.75. The molecule has 19 heavy (non-hydrogen) atoms. The van der Waals surface area contributed by atoms with Crippen molar-refractivity contribution in [3.8, 4) is 11.8 Å². The second-order valence-corrected chi connectivity index (χ2v) is 5.19. The summed E-state index contributed by atoms with van der Waals surface area (Å²) in [6.45, 7) is 1.77. The van der Waals surface area contributed by atoms with Crippen LogP contribution in [-0.2, 0) is 9.53 Å². The Hall–Kier alpha value is -1.31. The number of aliphatic hydroxyl groups is 2. The minimum Gasteiger partial charge on any atom is -0.462 e. The number of aliphatic hydroxyl groups excluding tert-OH is 2. The summed E-state index contributed by atoms with van der Waals surface area (Å²) >= 11 is 0. The van der Waals surface area contributed by atoms with Crippen molar-refractivity contribution in [2.45, 2.75) is 50.9 Å². The molecule has 4 nitrogen and oxygen atoms in total. The Morgan fingerprint density at radius 3 is 3.11 bits per heavy atom. The van der Waals surface area contributed by atoms with Gasteiger partial charge >= 0.3 is 5.97 Å². The van der Waals surface area contributed by atoms with Crippen LogP contribution in [0.2, 0.25) is 0 Å². The molecule has 0 aromatic heterocycles. The van der Waals surface area contributed by atoms with Crippen LogP contribution in [0.15, 0.2) is 12.2 Å². The summed E-state index contributed by atoms with van der Waals surface area (Å²) in [5.41, 5.74) is 0. The Kier molecular flexibility index (Phi) is 4.62. The van der Waals surface area contributed by atoms with E-state index in [1.54, 1.807) is 13.0 Å². The molecule has 0 amide bonds. The molecule has 0 aromatic rings. The van der Waals surface area contributed by atoms with Crippen molar-refractivity contribution in [1.82, 2.24) is 0 Å². The summed E-state index contributed by atoms with van der Waals surface area (Å²) < 4.78 is 5.16. The molecule has 1 heterocycles. The third kappa shape index (κ3) is 3.37. The highest BCUT2D eigenvalue weighted by molar-refractivity contribution is 5.72. The Bertz CT molecular complexity index is 418. The molecular formula is C15H20O4. The van der Waals surface area contributed by atoms with Crippen LogP contribution < -0.4 is 0 Å². The van der Waals surface area contributed by atoms with Crippen LogP contribution in [0, 0.1) is 23.7 Å². The molecule has 0 radical (unpaired) electrons. The lowest BCUT2D eigenvalue weighted by Gasteiger charge is -2.15. The van der Waals surface area contributed by atoms with Crippen LogP contribution in [0.1, 0.15) is 32.6 Å². The highest BCUT2D eigenvalue weighted by Crippen LogP contribution is 2.42. The van der Waals surface area contributed by atoms with E-state index in [4.69, 9.17) is 4.74 Å². The van der Waals surface area contributed by atoms with E-state index >= 15 is 0 Å². The lowest BCUT2D eigenvalue weighted by molar-refractivity contribution is -0.141. The zero-order chi connectivity index (χ0) is 13.8. The monoisotopic (exact) mass is 264 g/mol. The van der Waals surface area contributed by atoms with E-state index in [9.17, 15) is 15.0 Å². The summed E-state index contributed by atoms with van der Waals surface area (Å²) in [6.07, 6.45) is 4.47. The van der Waals surface area contributed by atoms with E-state index in [-0.39, 0.29) is 23.9 Å². The number of carbonyl (C=O) groups is 1. The maximum atomic E-state index is 11.2. The third-order valence-electron chi connectivity index (χ3n) is 3.87. The second kappa shape index (κ2) is 6.23. The predicted octanol–water partition coefficient (Wildman–Crippen LogP) is 1.02. The highest BCUT2D eigenvalue weighted by atomic mass is 16.6. The first kappa shape index (κ1) is 14.1. The van der Waals surface area contributed by atoms with Crippen molar-refractivity contribution in [3.05, 3.63) is 12.2 Å². The first-order valence-electron chi connectivity index (χ1n) is 6.75. The fourth-order valence-electron chi connectivity index (χ4n) is 2.88. The number of hydrogen-bond acceptors (Lipinski definition) is 4. The normalized spacial score (nSPS) is 34.8. The largest absolute Gasteiger partial charge is 0.462 e. The van der Waals surface area contributed by atoms with Gasteiger partial charge in [-0.05, 0) is 13.3 Å². The minimum atomic E-state index is -0.551. The van der Waals surface area contributed by atoms with Crippen LogP contribution in [0.25, 0.3) is 0 Å². The molecule has 0 aromatic carbocycles. The SMILES string of the molecule is CC#CCC[C@H](O)C=C[C@@H]1[C@H]2CC(=O)O[C@H]2C[C@H]1O. The Morgan fingerprint density at radius 2 is 2.37 bits per heavy atom. The van der Waals surface area contributed by atoms with Crippen molar-refractivity contribution in [1.29, 1.82) is 0 Å². The average Bonchev–Trinajstić information content (AvgIpc) is 2.82. The molecule has 2 fully saturated rings. The van der Waals surface area contributed by atoms with Crippen LogP contribution in [-0.4, -0.2) is 34.5 Å². The summed E-state index contributed by atoms with van der Waals surface area (Å²) in [6, 6.07) is 0. The molecule has 2 rings (SSSR count). The summed E-state index contributed by atoms with van der Waals surface area (Å²) in [5, 5.41) is 19.7. The van der Waals surface area contributed by atoms with Gasteiger partial charge in [0.05, 0.1) is 18.6 Å². The van der Waals surface area contributed by atoms with Crippen molar-refractivity contribution >= 4 is 5.97 Å². The smallest absolute Gasteiger partial charge is 0.306 e.